The number of alkyl halides is 2. The molecule has 2 aromatic rings. The highest BCUT2D eigenvalue weighted by atomic mass is 32.1. The van der Waals surface area contributed by atoms with Gasteiger partial charge in [0.15, 0.2) is 0 Å². The Morgan fingerprint density at radius 3 is 2.44 bits per heavy atom. The van der Waals surface area contributed by atoms with E-state index in [1.807, 2.05) is 0 Å². The number of thiophene rings is 1. The molecule has 1 N–H and O–H groups in total. The van der Waals surface area contributed by atoms with Crippen LogP contribution >= 0.6 is 11.3 Å². The Labute approximate surface area is 146 Å². The van der Waals surface area contributed by atoms with E-state index < -0.39 is 12.6 Å². The van der Waals surface area contributed by atoms with Crippen molar-refractivity contribution in [1.82, 2.24) is 4.90 Å². The van der Waals surface area contributed by atoms with Gasteiger partial charge in [0.1, 0.15) is 12.3 Å². The van der Waals surface area contributed by atoms with Crippen LogP contribution in [0.1, 0.15) is 22.5 Å². The molecule has 1 fully saturated rings. The fraction of sp³-hybridized carbons (Fsp3) is 0.294. The zero-order valence-corrected chi connectivity index (χ0v) is 13.8. The Morgan fingerprint density at radius 1 is 1.20 bits per heavy atom. The van der Waals surface area contributed by atoms with Crippen LogP contribution in [0.25, 0.3) is 10.4 Å². The minimum Gasteiger partial charge on any atom is -0.480 e. The monoisotopic (exact) mass is 367 g/mol. The molecule has 0 atom stereocenters. The number of ether oxygens (including phenoxy) is 1. The summed E-state index contributed by atoms with van der Waals surface area (Å²) in [5, 5.41) is 8.97. The van der Waals surface area contributed by atoms with Crippen molar-refractivity contribution in [2.24, 2.45) is 0 Å². The number of carbonyl (C=O) groups excluding carboxylic acids is 1. The first-order valence-electron chi connectivity index (χ1n) is 7.62. The Kier molecular flexibility index (Phi) is 4.98. The smallest absolute Gasteiger partial charge is 0.387 e. The maximum absolute atomic E-state index is 12.6. The van der Waals surface area contributed by atoms with Gasteiger partial charge in [-0.2, -0.15) is 8.78 Å². The van der Waals surface area contributed by atoms with E-state index in [1.54, 1.807) is 24.3 Å². The molecule has 1 aromatic heterocycles. The normalized spacial score (nSPS) is 13.7. The molecule has 0 radical (unpaired) electrons. The average Bonchev–Trinajstić information content (AvgIpc) is 3.28. The van der Waals surface area contributed by atoms with Crippen LogP contribution in [0.5, 0.6) is 5.75 Å². The van der Waals surface area contributed by atoms with Crippen molar-refractivity contribution in [2.45, 2.75) is 25.5 Å². The van der Waals surface area contributed by atoms with Gasteiger partial charge in [-0.3, -0.25) is 9.59 Å². The Morgan fingerprint density at radius 2 is 1.88 bits per heavy atom. The van der Waals surface area contributed by atoms with Crippen LogP contribution < -0.4 is 4.74 Å². The SMILES string of the molecule is O=C(O)CN(C(=O)c1ccc(-c2ccc(OC(F)F)cc2)s1)C1CC1. The second-order valence-electron chi connectivity index (χ2n) is 5.62. The van der Waals surface area contributed by atoms with E-state index in [0.29, 0.717) is 4.88 Å². The minimum atomic E-state index is -2.88. The largest absolute Gasteiger partial charge is 0.480 e. The van der Waals surface area contributed by atoms with Crippen LogP contribution in [0.2, 0.25) is 0 Å². The van der Waals surface area contributed by atoms with Crippen molar-refractivity contribution in [3.05, 3.63) is 41.3 Å². The van der Waals surface area contributed by atoms with E-state index in [4.69, 9.17) is 5.11 Å². The lowest BCUT2D eigenvalue weighted by Gasteiger charge is -2.19. The predicted octanol–water partition coefficient (Wildman–Crippen LogP) is 3.71. The van der Waals surface area contributed by atoms with Crippen LogP contribution in [0.3, 0.4) is 0 Å². The zero-order valence-electron chi connectivity index (χ0n) is 13.0. The maximum Gasteiger partial charge on any atom is 0.387 e. The molecule has 132 valence electrons. The molecule has 1 aliphatic carbocycles. The van der Waals surface area contributed by atoms with E-state index in [1.165, 1.54) is 28.4 Å². The van der Waals surface area contributed by atoms with Crippen molar-refractivity contribution in [3.63, 3.8) is 0 Å². The van der Waals surface area contributed by atoms with Gasteiger partial charge in [-0.15, -0.1) is 11.3 Å². The van der Waals surface area contributed by atoms with E-state index in [-0.39, 0.29) is 24.2 Å². The molecular formula is C17H15F2NO4S. The second kappa shape index (κ2) is 7.18. The molecule has 1 aliphatic rings. The van der Waals surface area contributed by atoms with Crippen molar-refractivity contribution in [3.8, 4) is 16.2 Å². The first-order valence-corrected chi connectivity index (χ1v) is 8.43. The van der Waals surface area contributed by atoms with Crippen LogP contribution in [-0.2, 0) is 4.79 Å². The van der Waals surface area contributed by atoms with Gasteiger partial charge in [0.2, 0.25) is 0 Å². The summed E-state index contributed by atoms with van der Waals surface area (Å²) in [6.07, 6.45) is 1.64. The lowest BCUT2D eigenvalue weighted by atomic mass is 10.2. The van der Waals surface area contributed by atoms with E-state index in [9.17, 15) is 18.4 Å². The lowest BCUT2D eigenvalue weighted by Crippen LogP contribution is -2.37. The van der Waals surface area contributed by atoms with Gasteiger partial charge in [-0.25, -0.2) is 0 Å². The molecule has 1 saturated carbocycles. The number of amides is 1. The fourth-order valence-electron chi connectivity index (χ4n) is 2.45. The standard InChI is InChI=1S/C17H15F2NO4S/c18-17(19)24-12-5-1-10(2-6-12)13-7-8-14(25-13)16(23)20(9-15(21)22)11-3-4-11/h1-2,5-8,11,17H,3-4,9H2,(H,21,22). The highest BCUT2D eigenvalue weighted by Crippen LogP contribution is 2.33. The van der Waals surface area contributed by atoms with Gasteiger partial charge in [-0.1, -0.05) is 0 Å². The molecule has 8 heteroatoms. The molecule has 25 heavy (non-hydrogen) atoms. The average molecular weight is 367 g/mol. The summed E-state index contributed by atoms with van der Waals surface area (Å²) >= 11 is 1.24. The van der Waals surface area contributed by atoms with Crippen molar-refractivity contribution < 1.29 is 28.2 Å². The summed E-state index contributed by atoms with van der Waals surface area (Å²) in [4.78, 5) is 26.1. The van der Waals surface area contributed by atoms with Gasteiger partial charge >= 0.3 is 12.6 Å². The quantitative estimate of drug-likeness (QED) is 0.810. The highest BCUT2D eigenvalue weighted by molar-refractivity contribution is 7.17. The number of hydrogen-bond acceptors (Lipinski definition) is 4. The number of halogens is 2. The summed E-state index contributed by atoms with van der Waals surface area (Å²) in [6, 6.07) is 9.55. The van der Waals surface area contributed by atoms with Gasteiger partial charge in [0, 0.05) is 10.9 Å². The summed E-state index contributed by atoms with van der Waals surface area (Å²) in [6.45, 7) is -3.18. The molecule has 1 amide bonds. The lowest BCUT2D eigenvalue weighted by molar-refractivity contribution is -0.137. The van der Waals surface area contributed by atoms with Crippen molar-refractivity contribution in [1.29, 1.82) is 0 Å². The molecule has 5 nitrogen and oxygen atoms in total. The number of rotatable bonds is 7. The molecule has 3 rings (SSSR count). The number of carboxylic acid groups (broad SMARTS) is 1. The Bertz CT molecular complexity index is 771. The van der Waals surface area contributed by atoms with Crippen LogP contribution in [0, 0.1) is 0 Å². The van der Waals surface area contributed by atoms with Gasteiger partial charge in [0.05, 0.1) is 4.88 Å². The molecule has 0 bridgehead atoms. The van der Waals surface area contributed by atoms with Crippen LogP contribution in [0.15, 0.2) is 36.4 Å². The number of nitrogens with zero attached hydrogens (tertiary/aromatic N) is 1. The van der Waals surface area contributed by atoms with Crippen molar-refractivity contribution >= 4 is 23.2 Å². The second-order valence-corrected chi connectivity index (χ2v) is 6.71. The number of hydrogen-bond donors (Lipinski definition) is 1. The molecule has 0 saturated heterocycles. The van der Waals surface area contributed by atoms with Gasteiger partial charge < -0.3 is 14.7 Å². The zero-order chi connectivity index (χ0) is 18.0. The first kappa shape index (κ1) is 17.3. The third-order valence-corrected chi connectivity index (χ3v) is 4.86. The first-order chi connectivity index (χ1) is 11.9. The number of carbonyl (C=O) groups is 2. The molecule has 0 unspecified atom stereocenters. The molecule has 1 heterocycles. The van der Waals surface area contributed by atoms with E-state index >= 15 is 0 Å². The summed E-state index contributed by atoms with van der Waals surface area (Å²) < 4.78 is 28.6. The van der Waals surface area contributed by atoms with Crippen LogP contribution in [0.4, 0.5) is 8.78 Å². The molecule has 0 spiro atoms. The molecule has 0 aliphatic heterocycles. The number of aliphatic carboxylic acids is 1. The number of benzene rings is 1. The summed E-state index contributed by atoms with van der Waals surface area (Å²) in [5.74, 6) is -1.27. The van der Waals surface area contributed by atoms with E-state index in [2.05, 4.69) is 4.74 Å². The Hall–Kier alpha value is -2.48. The third kappa shape index (κ3) is 4.33. The van der Waals surface area contributed by atoms with E-state index in [0.717, 1.165) is 23.3 Å². The van der Waals surface area contributed by atoms with Gasteiger partial charge in [-0.05, 0) is 54.8 Å². The maximum atomic E-state index is 12.6. The predicted molar refractivity (Wildman–Crippen MR) is 88.1 cm³/mol. The Balaban J connectivity index is 1.75. The van der Waals surface area contributed by atoms with Gasteiger partial charge in [0.25, 0.3) is 5.91 Å². The summed E-state index contributed by atoms with van der Waals surface area (Å²) in [7, 11) is 0. The van der Waals surface area contributed by atoms with Crippen LogP contribution in [-0.4, -0.2) is 41.1 Å². The third-order valence-electron chi connectivity index (χ3n) is 3.73. The molecular weight excluding hydrogens is 352 g/mol. The number of carboxylic acids is 1. The van der Waals surface area contributed by atoms with Crippen molar-refractivity contribution in [2.75, 3.05) is 6.54 Å². The topological polar surface area (TPSA) is 66.8 Å². The molecule has 1 aromatic carbocycles. The fourth-order valence-corrected chi connectivity index (χ4v) is 3.42. The highest BCUT2D eigenvalue weighted by Gasteiger charge is 2.34. The minimum absolute atomic E-state index is 0.0000654. The summed E-state index contributed by atoms with van der Waals surface area (Å²) in [5.41, 5.74) is 0.766.